The zero-order chi connectivity index (χ0) is 21.1. The van der Waals surface area contributed by atoms with Crippen LogP contribution in [0.15, 0.2) is 47.8 Å². The van der Waals surface area contributed by atoms with E-state index in [4.69, 9.17) is 0 Å². The number of rotatable bonds is 4. The number of nitrogens with one attached hydrogen (secondary N) is 3. The molecule has 30 heavy (non-hydrogen) atoms. The van der Waals surface area contributed by atoms with Gasteiger partial charge in [0.05, 0.1) is 9.75 Å². The van der Waals surface area contributed by atoms with Gasteiger partial charge in [0.15, 0.2) is 0 Å². The Hall–Kier alpha value is -2.97. The molecule has 3 aromatic rings. The summed E-state index contributed by atoms with van der Waals surface area (Å²) >= 11 is 2.86. The Morgan fingerprint density at radius 2 is 1.73 bits per heavy atom. The molecular weight excluding hydrogens is 418 g/mol. The van der Waals surface area contributed by atoms with Crippen LogP contribution in [0.25, 0.3) is 0 Å². The molecule has 0 fully saturated rings. The van der Waals surface area contributed by atoms with Gasteiger partial charge in [-0.15, -0.1) is 22.7 Å². The van der Waals surface area contributed by atoms with Gasteiger partial charge >= 0.3 is 0 Å². The van der Waals surface area contributed by atoms with Crippen molar-refractivity contribution in [1.82, 2.24) is 10.9 Å². The van der Waals surface area contributed by atoms with Crippen molar-refractivity contribution >= 4 is 46.1 Å². The van der Waals surface area contributed by atoms with E-state index >= 15 is 0 Å². The minimum Gasteiger partial charge on any atom is -0.321 e. The van der Waals surface area contributed by atoms with Crippen molar-refractivity contribution in [3.05, 3.63) is 73.6 Å². The fraction of sp³-hybridized carbons (Fsp3) is 0.227. The smallest absolute Gasteiger partial charge is 0.279 e. The van der Waals surface area contributed by atoms with Gasteiger partial charge in [-0.05, 0) is 72.5 Å². The summed E-state index contributed by atoms with van der Waals surface area (Å²) in [5.74, 6) is -0.284. The standard InChI is InChI=1S/C22H21N3O3S2/c1-13-4-9-17-15(11-13)12-19(30-17)22(28)25-24-20(26)14-5-7-16(8-6-14)23-21(27)18-3-2-10-29-18/h2-3,5-8,10,12-13H,4,9,11H2,1H3,(H,23,27)(H,24,26)(H,25,28). The zero-order valence-corrected chi connectivity index (χ0v) is 18.0. The maximum Gasteiger partial charge on any atom is 0.279 e. The van der Waals surface area contributed by atoms with E-state index in [0.717, 1.165) is 19.3 Å². The molecule has 6 nitrogen and oxygen atoms in total. The minimum absolute atomic E-state index is 0.192. The van der Waals surface area contributed by atoms with E-state index in [1.807, 2.05) is 17.5 Å². The Balaban J connectivity index is 1.31. The highest BCUT2D eigenvalue weighted by molar-refractivity contribution is 7.14. The molecule has 1 unspecified atom stereocenters. The maximum atomic E-state index is 12.4. The summed E-state index contributed by atoms with van der Waals surface area (Å²) in [6, 6.07) is 12.0. The molecule has 0 radical (unpaired) electrons. The number of anilines is 1. The first-order valence-corrected chi connectivity index (χ1v) is 11.4. The molecule has 1 atom stereocenters. The van der Waals surface area contributed by atoms with Gasteiger partial charge in [0.2, 0.25) is 0 Å². The average molecular weight is 440 g/mol. The van der Waals surface area contributed by atoms with Crippen LogP contribution in [0.5, 0.6) is 0 Å². The number of benzene rings is 1. The predicted molar refractivity (Wildman–Crippen MR) is 119 cm³/mol. The van der Waals surface area contributed by atoms with E-state index in [2.05, 4.69) is 23.1 Å². The number of hydrogen-bond donors (Lipinski definition) is 3. The van der Waals surface area contributed by atoms with Crippen molar-refractivity contribution in [2.45, 2.75) is 26.2 Å². The summed E-state index contributed by atoms with van der Waals surface area (Å²) in [7, 11) is 0. The summed E-state index contributed by atoms with van der Waals surface area (Å²) in [5, 5.41) is 4.62. The van der Waals surface area contributed by atoms with Gasteiger partial charge in [0, 0.05) is 16.1 Å². The number of hydrogen-bond acceptors (Lipinski definition) is 5. The molecule has 2 heterocycles. The van der Waals surface area contributed by atoms with Crippen LogP contribution in [0.3, 0.4) is 0 Å². The molecular formula is C22H21N3O3S2. The van der Waals surface area contributed by atoms with Crippen LogP contribution in [0, 0.1) is 5.92 Å². The Morgan fingerprint density at radius 3 is 2.47 bits per heavy atom. The highest BCUT2D eigenvalue weighted by Gasteiger charge is 2.21. The first kappa shape index (κ1) is 20.3. The molecule has 3 N–H and O–H groups in total. The predicted octanol–water partition coefficient (Wildman–Crippen LogP) is 4.26. The third-order valence-corrected chi connectivity index (χ3v) is 7.10. The van der Waals surface area contributed by atoms with Gasteiger partial charge in [-0.25, -0.2) is 0 Å². The number of carbonyl (C=O) groups excluding carboxylic acids is 3. The van der Waals surface area contributed by atoms with Crippen molar-refractivity contribution in [1.29, 1.82) is 0 Å². The van der Waals surface area contributed by atoms with Crippen LogP contribution in [0.2, 0.25) is 0 Å². The Kier molecular flexibility index (Phi) is 5.96. The van der Waals surface area contributed by atoms with Crippen LogP contribution < -0.4 is 16.2 Å². The van der Waals surface area contributed by atoms with Crippen LogP contribution >= 0.6 is 22.7 Å². The second-order valence-corrected chi connectivity index (χ2v) is 9.41. The fourth-order valence-electron chi connectivity index (χ4n) is 3.37. The molecule has 4 rings (SSSR count). The van der Waals surface area contributed by atoms with Crippen LogP contribution in [0.1, 0.15) is 53.5 Å². The lowest BCUT2D eigenvalue weighted by atomic mass is 9.90. The molecule has 0 aliphatic heterocycles. The summed E-state index contributed by atoms with van der Waals surface area (Å²) in [4.78, 5) is 39.3. The minimum atomic E-state index is -0.422. The molecule has 8 heteroatoms. The summed E-state index contributed by atoms with van der Waals surface area (Å²) in [6.45, 7) is 2.22. The van der Waals surface area contributed by atoms with Gasteiger partial charge in [-0.3, -0.25) is 25.2 Å². The molecule has 0 saturated carbocycles. The van der Waals surface area contributed by atoms with E-state index in [0.29, 0.717) is 26.9 Å². The first-order valence-electron chi connectivity index (χ1n) is 9.67. The SMILES string of the molecule is CC1CCc2sc(C(=O)NNC(=O)c3ccc(NC(=O)c4cccs4)cc3)cc2C1. The average Bonchev–Trinajstić information content (AvgIpc) is 3.42. The van der Waals surface area contributed by atoms with Crippen molar-refractivity contribution in [3.63, 3.8) is 0 Å². The van der Waals surface area contributed by atoms with Crippen molar-refractivity contribution in [3.8, 4) is 0 Å². The summed E-state index contributed by atoms with van der Waals surface area (Å²) in [6.07, 6.45) is 3.16. The normalized spacial score (nSPS) is 15.2. The second-order valence-electron chi connectivity index (χ2n) is 7.32. The third kappa shape index (κ3) is 4.60. The van der Waals surface area contributed by atoms with E-state index in [-0.39, 0.29) is 11.8 Å². The van der Waals surface area contributed by atoms with Crippen LogP contribution in [0.4, 0.5) is 5.69 Å². The van der Waals surface area contributed by atoms with Gasteiger partial charge in [0.1, 0.15) is 0 Å². The molecule has 154 valence electrons. The van der Waals surface area contributed by atoms with E-state index in [1.165, 1.54) is 33.1 Å². The topological polar surface area (TPSA) is 87.3 Å². The van der Waals surface area contributed by atoms with Gasteiger partial charge in [-0.1, -0.05) is 13.0 Å². The second kappa shape index (κ2) is 8.81. The largest absolute Gasteiger partial charge is 0.321 e. The van der Waals surface area contributed by atoms with Gasteiger partial charge in [-0.2, -0.15) is 0 Å². The number of hydrazine groups is 1. The molecule has 1 aliphatic carbocycles. The fourth-order valence-corrected chi connectivity index (χ4v) is 5.09. The van der Waals surface area contributed by atoms with Gasteiger partial charge in [0.25, 0.3) is 17.7 Å². The van der Waals surface area contributed by atoms with Crippen LogP contribution in [-0.4, -0.2) is 17.7 Å². The lowest BCUT2D eigenvalue weighted by Gasteiger charge is -2.16. The molecule has 1 aromatic carbocycles. The first-order chi connectivity index (χ1) is 14.5. The van der Waals surface area contributed by atoms with E-state index < -0.39 is 5.91 Å². The summed E-state index contributed by atoms with van der Waals surface area (Å²) in [5.41, 5.74) is 7.15. The monoisotopic (exact) mass is 439 g/mol. The Labute approximate surface area is 182 Å². The zero-order valence-electron chi connectivity index (χ0n) is 16.4. The van der Waals surface area contributed by atoms with Crippen molar-refractivity contribution < 1.29 is 14.4 Å². The molecule has 2 aromatic heterocycles. The van der Waals surface area contributed by atoms with Crippen molar-refractivity contribution in [2.75, 3.05) is 5.32 Å². The van der Waals surface area contributed by atoms with Gasteiger partial charge < -0.3 is 5.32 Å². The molecule has 3 amide bonds. The molecule has 0 spiro atoms. The Bertz CT molecular complexity index is 1070. The number of aryl methyl sites for hydroxylation is 1. The van der Waals surface area contributed by atoms with E-state index in [9.17, 15) is 14.4 Å². The van der Waals surface area contributed by atoms with Crippen LogP contribution in [-0.2, 0) is 12.8 Å². The third-order valence-electron chi connectivity index (χ3n) is 4.99. The quantitative estimate of drug-likeness (QED) is 0.531. The molecule has 0 bridgehead atoms. The summed E-state index contributed by atoms with van der Waals surface area (Å²) < 4.78 is 0. The number of amides is 3. The number of carbonyl (C=O) groups is 3. The molecule has 0 saturated heterocycles. The number of thiophene rings is 2. The lowest BCUT2D eigenvalue weighted by Crippen LogP contribution is -2.41. The number of fused-ring (bicyclic) bond motifs is 1. The highest BCUT2D eigenvalue weighted by Crippen LogP contribution is 2.32. The van der Waals surface area contributed by atoms with E-state index in [1.54, 1.807) is 30.3 Å². The maximum absolute atomic E-state index is 12.4. The van der Waals surface area contributed by atoms with Crippen molar-refractivity contribution in [2.24, 2.45) is 5.92 Å². The Morgan fingerprint density at radius 1 is 0.967 bits per heavy atom. The highest BCUT2D eigenvalue weighted by atomic mass is 32.1. The molecule has 1 aliphatic rings. The lowest BCUT2D eigenvalue weighted by molar-refractivity contribution is 0.0849.